The van der Waals surface area contributed by atoms with E-state index < -0.39 is 0 Å². The summed E-state index contributed by atoms with van der Waals surface area (Å²) in [5.41, 5.74) is 5.61. The average molecular weight is 410 g/mol. The predicted octanol–water partition coefficient (Wildman–Crippen LogP) is 4.68. The third-order valence-electron chi connectivity index (χ3n) is 4.69. The summed E-state index contributed by atoms with van der Waals surface area (Å²) in [4.78, 5) is 13.4. The van der Waals surface area contributed by atoms with Crippen molar-refractivity contribution >= 4 is 40.0 Å². The molecule has 0 saturated carbocycles. The van der Waals surface area contributed by atoms with Gasteiger partial charge in [-0.3, -0.25) is 4.79 Å². The zero-order chi connectivity index (χ0) is 20.8. The molecule has 0 aliphatic heterocycles. The number of unbranched alkanes of at least 4 members (excludes halogenated alkanes) is 1. The van der Waals surface area contributed by atoms with Gasteiger partial charge in [-0.1, -0.05) is 32.4 Å². The standard InChI is InChI=1S/C22H27N5OS/c1-4-6-8-16-9-11-17(12-10-16)27-25-19-13-15(3)18(14-20(19)26-27)23-22(29)24-21(28)7-5-2/h9-14H,4-8H2,1-3H3,(H2,23,24,28,29). The lowest BCUT2D eigenvalue weighted by molar-refractivity contribution is -0.119. The van der Waals surface area contributed by atoms with Crippen LogP contribution in [-0.2, 0) is 11.2 Å². The number of aryl methyl sites for hydroxylation is 2. The number of thiocarbonyl (C=S) groups is 1. The summed E-state index contributed by atoms with van der Waals surface area (Å²) in [6.45, 7) is 6.13. The molecule has 0 saturated heterocycles. The molecule has 3 aromatic rings. The maximum atomic E-state index is 11.7. The first-order valence-corrected chi connectivity index (χ1v) is 10.5. The minimum Gasteiger partial charge on any atom is -0.332 e. The Bertz CT molecular complexity index is 1010. The summed E-state index contributed by atoms with van der Waals surface area (Å²) in [5.74, 6) is -0.0861. The van der Waals surface area contributed by atoms with Crippen LogP contribution in [0.4, 0.5) is 5.69 Å². The molecule has 1 amide bonds. The third kappa shape index (κ3) is 5.38. The Kier molecular flexibility index (Phi) is 6.93. The molecule has 0 radical (unpaired) electrons. The van der Waals surface area contributed by atoms with E-state index in [0.717, 1.165) is 40.8 Å². The predicted molar refractivity (Wildman–Crippen MR) is 121 cm³/mol. The highest BCUT2D eigenvalue weighted by atomic mass is 32.1. The van der Waals surface area contributed by atoms with Gasteiger partial charge in [-0.25, -0.2) is 0 Å². The van der Waals surface area contributed by atoms with Gasteiger partial charge in [-0.2, -0.15) is 4.80 Å². The molecular weight excluding hydrogens is 382 g/mol. The normalized spacial score (nSPS) is 10.9. The summed E-state index contributed by atoms with van der Waals surface area (Å²) >= 11 is 5.25. The molecule has 3 rings (SSSR count). The number of anilines is 1. The number of carbonyl (C=O) groups is 1. The van der Waals surface area contributed by atoms with E-state index >= 15 is 0 Å². The highest BCUT2D eigenvalue weighted by Crippen LogP contribution is 2.22. The zero-order valence-corrected chi connectivity index (χ0v) is 18.0. The second kappa shape index (κ2) is 9.60. The van der Waals surface area contributed by atoms with E-state index in [1.807, 2.05) is 38.1 Å². The smallest absolute Gasteiger partial charge is 0.226 e. The largest absolute Gasteiger partial charge is 0.332 e. The first-order chi connectivity index (χ1) is 14.0. The van der Waals surface area contributed by atoms with Gasteiger partial charge in [0.25, 0.3) is 0 Å². The fraction of sp³-hybridized carbons (Fsp3) is 0.364. The molecule has 152 valence electrons. The number of rotatable bonds is 7. The highest BCUT2D eigenvalue weighted by molar-refractivity contribution is 7.80. The molecule has 29 heavy (non-hydrogen) atoms. The number of hydrogen-bond acceptors (Lipinski definition) is 4. The van der Waals surface area contributed by atoms with E-state index in [-0.39, 0.29) is 5.91 Å². The molecule has 2 aromatic carbocycles. The van der Waals surface area contributed by atoms with Crippen LogP contribution < -0.4 is 10.6 Å². The van der Waals surface area contributed by atoms with E-state index in [1.54, 1.807) is 4.80 Å². The number of aromatic nitrogens is 3. The van der Waals surface area contributed by atoms with Crippen molar-refractivity contribution in [3.05, 3.63) is 47.5 Å². The Hall–Kier alpha value is -2.80. The van der Waals surface area contributed by atoms with Crippen LogP contribution in [0.2, 0.25) is 0 Å². The van der Waals surface area contributed by atoms with Crippen LogP contribution in [0, 0.1) is 6.92 Å². The molecule has 7 heteroatoms. The fourth-order valence-electron chi connectivity index (χ4n) is 3.06. The van der Waals surface area contributed by atoms with E-state index in [9.17, 15) is 4.79 Å². The maximum Gasteiger partial charge on any atom is 0.226 e. The van der Waals surface area contributed by atoms with Crippen LogP contribution in [0.3, 0.4) is 0 Å². The van der Waals surface area contributed by atoms with Gasteiger partial charge in [0.05, 0.1) is 5.69 Å². The SMILES string of the molecule is CCCCc1ccc(-n2nc3cc(C)c(NC(=S)NC(=O)CCC)cc3n2)cc1. The van der Waals surface area contributed by atoms with E-state index in [2.05, 4.69) is 39.9 Å². The van der Waals surface area contributed by atoms with Crippen LogP contribution in [0.1, 0.15) is 50.7 Å². The molecule has 0 fully saturated rings. The van der Waals surface area contributed by atoms with Crippen LogP contribution in [0.5, 0.6) is 0 Å². The number of fused-ring (bicyclic) bond motifs is 1. The Morgan fingerprint density at radius 2 is 1.76 bits per heavy atom. The van der Waals surface area contributed by atoms with Crippen molar-refractivity contribution in [2.75, 3.05) is 5.32 Å². The summed E-state index contributed by atoms with van der Waals surface area (Å²) in [5, 5.41) is 15.3. The number of nitrogens with one attached hydrogen (secondary N) is 2. The Labute approximate surface area is 176 Å². The number of nitrogens with zero attached hydrogens (tertiary/aromatic N) is 3. The van der Waals surface area contributed by atoms with Crippen molar-refractivity contribution < 1.29 is 4.79 Å². The molecule has 2 N–H and O–H groups in total. The third-order valence-corrected chi connectivity index (χ3v) is 4.90. The molecule has 1 heterocycles. The highest BCUT2D eigenvalue weighted by Gasteiger charge is 2.11. The molecule has 0 unspecified atom stereocenters. The van der Waals surface area contributed by atoms with Gasteiger partial charge in [0, 0.05) is 12.1 Å². The Balaban J connectivity index is 1.78. The number of benzene rings is 2. The molecule has 6 nitrogen and oxygen atoms in total. The lowest BCUT2D eigenvalue weighted by Crippen LogP contribution is -2.34. The van der Waals surface area contributed by atoms with Crippen LogP contribution in [0.15, 0.2) is 36.4 Å². The zero-order valence-electron chi connectivity index (χ0n) is 17.2. The summed E-state index contributed by atoms with van der Waals surface area (Å²) in [7, 11) is 0. The lowest BCUT2D eigenvalue weighted by atomic mass is 10.1. The first kappa shape index (κ1) is 20.9. The first-order valence-electron chi connectivity index (χ1n) is 10.1. The maximum absolute atomic E-state index is 11.7. The van der Waals surface area contributed by atoms with Crippen molar-refractivity contribution in [1.82, 2.24) is 20.3 Å². The minimum absolute atomic E-state index is 0.0861. The summed E-state index contributed by atoms with van der Waals surface area (Å²) in [6.07, 6.45) is 4.70. The Morgan fingerprint density at radius 3 is 2.41 bits per heavy atom. The topological polar surface area (TPSA) is 71.8 Å². The average Bonchev–Trinajstić information content (AvgIpc) is 3.09. The van der Waals surface area contributed by atoms with E-state index in [0.29, 0.717) is 11.5 Å². The molecule has 0 bridgehead atoms. The van der Waals surface area contributed by atoms with E-state index in [4.69, 9.17) is 12.2 Å². The molecular formula is C22H27N5OS. The van der Waals surface area contributed by atoms with Crippen LogP contribution in [0.25, 0.3) is 16.7 Å². The molecule has 0 aliphatic rings. The van der Waals surface area contributed by atoms with Gasteiger partial charge >= 0.3 is 0 Å². The van der Waals surface area contributed by atoms with Gasteiger partial charge in [0.2, 0.25) is 5.91 Å². The quantitative estimate of drug-likeness (QED) is 0.554. The molecule has 1 aromatic heterocycles. The van der Waals surface area contributed by atoms with Crippen LogP contribution >= 0.6 is 12.2 Å². The number of amides is 1. The molecule has 0 atom stereocenters. The monoisotopic (exact) mass is 409 g/mol. The van der Waals surface area contributed by atoms with Gasteiger partial charge in [-0.15, -0.1) is 10.2 Å². The van der Waals surface area contributed by atoms with E-state index in [1.165, 1.54) is 18.4 Å². The second-order valence-corrected chi connectivity index (χ2v) is 7.58. The van der Waals surface area contributed by atoms with Gasteiger partial charge in [-0.05, 0) is 73.8 Å². The van der Waals surface area contributed by atoms with Crippen molar-refractivity contribution in [2.24, 2.45) is 0 Å². The summed E-state index contributed by atoms with van der Waals surface area (Å²) < 4.78 is 0. The van der Waals surface area contributed by atoms with Gasteiger partial charge in [0.15, 0.2) is 5.11 Å². The number of hydrogen-bond donors (Lipinski definition) is 2. The second-order valence-electron chi connectivity index (χ2n) is 7.17. The van der Waals surface area contributed by atoms with Crippen molar-refractivity contribution in [2.45, 2.75) is 52.9 Å². The van der Waals surface area contributed by atoms with Crippen molar-refractivity contribution in [1.29, 1.82) is 0 Å². The summed E-state index contributed by atoms with van der Waals surface area (Å²) in [6, 6.07) is 12.2. The Morgan fingerprint density at radius 1 is 1.07 bits per heavy atom. The van der Waals surface area contributed by atoms with Crippen molar-refractivity contribution in [3.8, 4) is 5.69 Å². The molecule has 0 aliphatic carbocycles. The van der Waals surface area contributed by atoms with Crippen molar-refractivity contribution in [3.63, 3.8) is 0 Å². The van der Waals surface area contributed by atoms with Gasteiger partial charge in [0.1, 0.15) is 11.0 Å². The lowest BCUT2D eigenvalue weighted by Gasteiger charge is -2.11. The number of carbonyl (C=O) groups excluding carboxylic acids is 1. The molecule has 0 spiro atoms. The van der Waals surface area contributed by atoms with Gasteiger partial charge < -0.3 is 10.6 Å². The van der Waals surface area contributed by atoms with Crippen LogP contribution in [-0.4, -0.2) is 26.0 Å². The minimum atomic E-state index is -0.0861. The fourth-order valence-corrected chi connectivity index (χ4v) is 3.29.